The lowest BCUT2D eigenvalue weighted by Crippen LogP contribution is -2.54. The first-order chi connectivity index (χ1) is 14.1. The van der Waals surface area contributed by atoms with Crippen molar-refractivity contribution in [2.45, 2.75) is 63.8 Å². The molecule has 6 heteroatoms. The molecule has 0 aromatic heterocycles. The van der Waals surface area contributed by atoms with E-state index in [4.69, 9.17) is 5.11 Å². The number of rotatable bonds is 5. The Morgan fingerprint density at radius 3 is 2.59 bits per heavy atom. The number of fused-ring (bicyclic) bond motifs is 1. The fourth-order valence-corrected chi connectivity index (χ4v) is 5.22. The molecule has 1 saturated heterocycles. The van der Waals surface area contributed by atoms with E-state index in [1.165, 1.54) is 11.1 Å². The topological polar surface area (TPSA) is 72.9 Å². The highest BCUT2D eigenvalue weighted by atomic mass is 16.4. The summed E-state index contributed by atoms with van der Waals surface area (Å²) >= 11 is 0. The van der Waals surface area contributed by atoms with Crippen LogP contribution in [0.5, 0.6) is 0 Å². The molecule has 2 fully saturated rings. The maximum Gasteiger partial charge on any atom is 0.324 e. The lowest BCUT2D eigenvalue weighted by atomic mass is 9.82. The molecule has 2 amide bonds. The molecule has 1 aliphatic carbocycles. The number of carboxylic acid groups (broad SMARTS) is 1. The lowest BCUT2D eigenvalue weighted by Gasteiger charge is -2.42. The number of nitrogens with one attached hydrogen (secondary N) is 1. The van der Waals surface area contributed by atoms with Crippen LogP contribution in [0.4, 0.5) is 10.5 Å². The van der Waals surface area contributed by atoms with Crippen LogP contribution in [0, 0.1) is 5.92 Å². The summed E-state index contributed by atoms with van der Waals surface area (Å²) < 4.78 is 0. The molecule has 0 spiro atoms. The minimum Gasteiger partial charge on any atom is -0.481 e. The van der Waals surface area contributed by atoms with Crippen molar-refractivity contribution in [3.8, 4) is 0 Å². The summed E-state index contributed by atoms with van der Waals surface area (Å²) in [5.74, 6) is -0.206. The van der Waals surface area contributed by atoms with Crippen LogP contribution < -0.4 is 10.2 Å². The monoisotopic (exact) mass is 399 g/mol. The largest absolute Gasteiger partial charge is 0.481 e. The van der Waals surface area contributed by atoms with Crippen molar-refractivity contribution in [3.05, 3.63) is 29.3 Å². The zero-order chi connectivity index (χ0) is 20.2. The number of amides is 2. The van der Waals surface area contributed by atoms with Gasteiger partial charge in [0.1, 0.15) is 0 Å². The highest BCUT2D eigenvalue weighted by Crippen LogP contribution is 2.33. The Hall–Kier alpha value is -2.08. The quantitative estimate of drug-likeness (QED) is 0.796. The molecule has 0 atom stereocenters. The Morgan fingerprint density at radius 1 is 1.07 bits per heavy atom. The first-order valence-corrected chi connectivity index (χ1v) is 11.2. The van der Waals surface area contributed by atoms with Gasteiger partial charge in [-0.05, 0) is 93.6 Å². The van der Waals surface area contributed by atoms with Gasteiger partial charge in [-0.3, -0.25) is 9.69 Å². The van der Waals surface area contributed by atoms with Crippen LogP contribution in [0.1, 0.15) is 56.1 Å². The number of urea groups is 1. The standard InChI is InChI=1S/C23H33N3O3/c27-22(28)9-4-17-2-6-20(7-3-17)25-14-1-15-26(23(25)29)21-8-5-18-10-12-24-13-11-19(18)16-21/h5,8,16-17,20,24H,1-4,6-7,9-15H2,(H,27,28)/t17-,20-. The number of nitrogens with zero attached hydrogens (tertiary/aromatic N) is 2. The van der Waals surface area contributed by atoms with E-state index >= 15 is 0 Å². The van der Waals surface area contributed by atoms with Crippen molar-refractivity contribution >= 4 is 17.7 Å². The second-order valence-corrected chi connectivity index (χ2v) is 8.79. The summed E-state index contributed by atoms with van der Waals surface area (Å²) in [5, 5.41) is 12.3. The Balaban J connectivity index is 1.40. The molecule has 0 radical (unpaired) electrons. The third-order valence-electron chi connectivity index (χ3n) is 6.92. The first-order valence-electron chi connectivity index (χ1n) is 11.2. The summed E-state index contributed by atoms with van der Waals surface area (Å²) in [6.45, 7) is 3.66. The van der Waals surface area contributed by atoms with Crippen LogP contribution in [-0.4, -0.2) is 54.2 Å². The fraction of sp³-hybridized carbons (Fsp3) is 0.652. The van der Waals surface area contributed by atoms with Gasteiger partial charge in [-0.2, -0.15) is 0 Å². The Labute approximate surface area is 173 Å². The van der Waals surface area contributed by atoms with Crippen LogP contribution in [0.3, 0.4) is 0 Å². The van der Waals surface area contributed by atoms with Gasteiger partial charge in [-0.25, -0.2) is 4.79 Å². The van der Waals surface area contributed by atoms with Gasteiger partial charge in [0.15, 0.2) is 0 Å². The van der Waals surface area contributed by atoms with Crippen LogP contribution in [-0.2, 0) is 17.6 Å². The zero-order valence-corrected chi connectivity index (χ0v) is 17.2. The SMILES string of the molecule is O=C(O)CC[C@H]1CC[C@H](N2CCCN(c3ccc4c(c3)CCNCC4)C2=O)CC1. The summed E-state index contributed by atoms with van der Waals surface area (Å²) in [5.41, 5.74) is 3.81. The number of hydrogen-bond donors (Lipinski definition) is 2. The predicted molar refractivity (Wildman–Crippen MR) is 113 cm³/mol. The van der Waals surface area contributed by atoms with E-state index in [0.29, 0.717) is 12.0 Å². The molecule has 1 saturated carbocycles. The van der Waals surface area contributed by atoms with E-state index in [0.717, 1.165) is 83.2 Å². The van der Waals surface area contributed by atoms with Crippen LogP contribution in [0.15, 0.2) is 18.2 Å². The number of carboxylic acids is 1. The van der Waals surface area contributed by atoms with Crippen molar-refractivity contribution in [1.29, 1.82) is 0 Å². The molecule has 1 aromatic rings. The van der Waals surface area contributed by atoms with Gasteiger partial charge in [0.2, 0.25) is 0 Å². The Bertz CT molecular complexity index is 743. The van der Waals surface area contributed by atoms with Crippen molar-refractivity contribution < 1.29 is 14.7 Å². The molecule has 2 aliphatic heterocycles. The Kier molecular flexibility index (Phi) is 6.38. The van der Waals surface area contributed by atoms with Gasteiger partial charge >= 0.3 is 12.0 Å². The minimum atomic E-state index is -0.703. The molecule has 2 N–H and O–H groups in total. The summed E-state index contributed by atoms with van der Waals surface area (Å²) in [6.07, 6.45) is 8.19. The zero-order valence-electron chi connectivity index (χ0n) is 17.2. The number of carbonyl (C=O) groups excluding carboxylic acids is 1. The van der Waals surface area contributed by atoms with Crippen LogP contribution in [0.25, 0.3) is 0 Å². The number of benzene rings is 1. The summed E-state index contributed by atoms with van der Waals surface area (Å²) in [6, 6.07) is 7.01. The van der Waals surface area contributed by atoms with Crippen molar-refractivity contribution in [2.24, 2.45) is 5.92 Å². The molecule has 1 aromatic carbocycles. The second-order valence-electron chi connectivity index (χ2n) is 8.79. The van der Waals surface area contributed by atoms with Gasteiger partial charge in [0.05, 0.1) is 0 Å². The number of hydrogen-bond acceptors (Lipinski definition) is 3. The van der Waals surface area contributed by atoms with Crippen molar-refractivity contribution in [3.63, 3.8) is 0 Å². The van der Waals surface area contributed by atoms with Crippen LogP contribution >= 0.6 is 0 Å². The number of anilines is 1. The first kappa shape index (κ1) is 20.2. The van der Waals surface area contributed by atoms with Crippen molar-refractivity contribution in [2.75, 3.05) is 31.1 Å². The van der Waals surface area contributed by atoms with E-state index in [1.54, 1.807) is 0 Å². The van der Waals surface area contributed by atoms with E-state index in [-0.39, 0.29) is 12.5 Å². The molecular formula is C23H33N3O3. The smallest absolute Gasteiger partial charge is 0.324 e. The minimum absolute atomic E-state index is 0.150. The highest BCUT2D eigenvalue weighted by Gasteiger charge is 2.34. The molecule has 0 bridgehead atoms. The molecule has 2 heterocycles. The van der Waals surface area contributed by atoms with E-state index in [9.17, 15) is 9.59 Å². The van der Waals surface area contributed by atoms with Gasteiger partial charge in [0, 0.05) is 31.2 Å². The third kappa shape index (κ3) is 4.74. The van der Waals surface area contributed by atoms with Gasteiger partial charge in [-0.15, -0.1) is 0 Å². The Morgan fingerprint density at radius 2 is 1.83 bits per heavy atom. The normalized spacial score (nSPS) is 25.4. The van der Waals surface area contributed by atoms with Crippen LogP contribution in [0.2, 0.25) is 0 Å². The molecular weight excluding hydrogens is 366 g/mol. The van der Waals surface area contributed by atoms with E-state index < -0.39 is 5.97 Å². The summed E-state index contributed by atoms with van der Waals surface area (Å²) in [7, 11) is 0. The molecule has 158 valence electrons. The maximum absolute atomic E-state index is 13.3. The predicted octanol–water partition coefficient (Wildman–Crippen LogP) is 3.43. The molecule has 6 nitrogen and oxygen atoms in total. The number of aliphatic carboxylic acids is 1. The average Bonchev–Trinajstić information content (AvgIpc) is 2.98. The van der Waals surface area contributed by atoms with E-state index in [1.807, 2.05) is 4.90 Å². The van der Waals surface area contributed by atoms with E-state index in [2.05, 4.69) is 28.4 Å². The maximum atomic E-state index is 13.3. The lowest BCUT2D eigenvalue weighted by molar-refractivity contribution is -0.137. The second kappa shape index (κ2) is 9.16. The summed E-state index contributed by atoms with van der Waals surface area (Å²) in [4.78, 5) is 28.2. The number of carbonyl (C=O) groups is 2. The highest BCUT2D eigenvalue weighted by molar-refractivity contribution is 5.93. The van der Waals surface area contributed by atoms with Gasteiger partial charge in [-0.1, -0.05) is 6.07 Å². The van der Waals surface area contributed by atoms with Crippen molar-refractivity contribution in [1.82, 2.24) is 10.2 Å². The third-order valence-corrected chi connectivity index (χ3v) is 6.92. The van der Waals surface area contributed by atoms with Gasteiger partial charge < -0.3 is 15.3 Å². The average molecular weight is 400 g/mol. The molecule has 4 rings (SSSR count). The fourth-order valence-electron chi connectivity index (χ4n) is 5.22. The molecule has 0 unspecified atom stereocenters. The molecule has 3 aliphatic rings. The van der Waals surface area contributed by atoms with Gasteiger partial charge in [0.25, 0.3) is 0 Å². The molecule has 29 heavy (non-hydrogen) atoms.